The molecule has 0 saturated carbocycles. The Hall–Kier alpha value is -2.73. The highest BCUT2D eigenvalue weighted by Gasteiger charge is 2.15. The molecule has 28 heavy (non-hydrogen) atoms. The monoisotopic (exact) mass is 397 g/mol. The summed E-state index contributed by atoms with van der Waals surface area (Å²) >= 11 is 5.25. The van der Waals surface area contributed by atoms with Gasteiger partial charge in [0.1, 0.15) is 0 Å². The molecule has 0 radical (unpaired) electrons. The molecule has 0 heterocycles. The fraction of sp³-hybridized carbons (Fsp3) is 0.318. The second-order valence-corrected chi connectivity index (χ2v) is 8.08. The van der Waals surface area contributed by atoms with E-state index in [1.165, 1.54) is 0 Å². The molecule has 0 bridgehead atoms. The van der Waals surface area contributed by atoms with E-state index in [-0.39, 0.29) is 22.3 Å². The highest BCUT2D eigenvalue weighted by atomic mass is 32.1. The molecule has 2 rings (SSSR count). The third kappa shape index (κ3) is 5.89. The molecular formula is C22H27N3O2S. The number of thiocarbonyl (C=S) groups is 1. The first-order valence-electron chi connectivity index (χ1n) is 9.23. The summed E-state index contributed by atoms with van der Waals surface area (Å²) in [6.07, 6.45) is 0.402. The van der Waals surface area contributed by atoms with Gasteiger partial charge < -0.3 is 10.6 Å². The molecule has 3 N–H and O–H groups in total. The lowest BCUT2D eigenvalue weighted by Gasteiger charge is -2.19. The van der Waals surface area contributed by atoms with Crippen molar-refractivity contribution in [2.45, 2.75) is 46.5 Å². The minimum atomic E-state index is -0.274. The molecule has 2 aromatic carbocycles. The molecule has 0 aliphatic rings. The Labute approximate surface area is 171 Å². The average molecular weight is 398 g/mol. The number of hydrogen-bond donors (Lipinski definition) is 3. The minimum absolute atomic E-state index is 0.0300. The SMILES string of the molecule is CCC(=O)Nc1cc(NC(=S)NC(=O)c2ccc(C(C)(C)C)cc2)ccc1C. The molecular weight excluding hydrogens is 370 g/mol. The number of amides is 2. The number of nitrogens with one attached hydrogen (secondary N) is 3. The van der Waals surface area contributed by atoms with E-state index in [4.69, 9.17) is 12.2 Å². The predicted molar refractivity (Wildman–Crippen MR) is 119 cm³/mol. The van der Waals surface area contributed by atoms with Crippen LogP contribution in [0.1, 0.15) is 55.6 Å². The van der Waals surface area contributed by atoms with E-state index in [1.807, 2.05) is 31.2 Å². The van der Waals surface area contributed by atoms with Crippen LogP contribution in [0, 0.1) is 6.92 Å². The average Bonchev–Trinajstić information content (AvgIpc) is 2.63. The Balaban J connectivity index is 2.02. The zero-order valence-electron chi connectivity index (χ0n) is 17.0. The van der Waals surface area contributed by atoms with Gasteiger partial charge in [-0.2, -0.15) is 0 Å². The molecule has 2 amide bonds. The van der Waals surface area contributed by atoms with E-state index in [2.05, 4.69) is 36.7 Å². The number of hydrogen-bond acceptors (Lipinski definition) is 3. The maximum Gasteiger partial charge on any atom is 0.257 e. The van der Waals surface area contributed by atoms with Crippen molar-refractivity contribution in [2.75, 3.05) is 10.6 Å². The topological polar surface area (TPSA) is 70.2 Å². The molecule has 148 valence electrons. The second kappa shape index (κ2) is 8.97. The Morgan fingerprint density at radius 3 is 2.21 bits per heavy atom. The summed E-state index contributed by atoms with van der Waals surface area (Å²) < 4.78 is 0. The molecule has 0 aromatic heterocycles. The molecule has 0 saturated heterocycles. The van der Waals surface area contributed by atoms with Crippen LogP contribution < -0.4 is 16.0 Å². The third-order valence-electron chi connectivity index (χ3n) is 4.33. The standard InChI is InChI=1S/C22H27N3O2S/c1-6-19(26)24-18-13-17(12-7-14(18)2)23-21(28)25-20(27)15-8-10-16(11-9-15)22(3,4)5/h7-13H,6H2,1-5H3,(H,24,26)(H2,23,25,27,28). The van der Waals surface area contributed by atoms with Gasteiger partial charge in [0.2, 0.25) is 5.91 Å². The lowest BCUT2D eigenvalue weighted by Crippen LogP contribution is -2.34. The first-order chi connectivity index (χ1) is 13.1. The molecule has 0 aliphatic carbocycles. The van der Waals surface area contributed by atoms with Crippen molar-refractivity contribution >= 4 is 40.5 Å². The summed E-state index contributed by atoms with van der Waals surface area (Å²) in [6.45, 7) is 10.1. The molecule has 6 heteroatoms. The molecule has 5 nitrogen and oxygen atoms in total. The number of rotatable bonds is 4. The van der Waals surface area contributed by atoms with Crippen molar-refractivity contribution < 1.29 is 9.59 Å². The number of carbonyl (C=O) groups excluding carboxylic acids is 2. The third-order valence-corrected chi connectivity index (χ3v) is 4.53. The van der Waals surface area contributed by atoms with Crippen molar-refractivity contribution in [1.82, 2.24) is 5.32 Å². The van der Waals surface area contributed by atoms with Gasteiger partial charge in [0.25, 0.3) is 5.91 Å². The van der Waals surface area contributed by atoms with Crippen LogP contribution in [0.2, 0.25) is 0 Å². The van der Waals surface area contributed by atoms with Crippen LogP contribution in [0.15, 0.2) is 42.5 Å². The summed E-state index contributed by atoms with van der Waals surface area (Å²) in [5.74, 6) is -0.334. The number of anilines is 2. The zero-order valence-corrected chi connectivity index (χ0v) is 17.8. The summed E-state index contributed by atoms with van der Waals surface area (Å²) in [5, 5.41) is 8.71. The summed E-state index contributed by atoms with van der Waals surface area (Å²) in [4.78, 5) is 24.1. The lowest BCUT2D eigenvalue weighted by molar-refractivity contribution is -0.115. The van der Waals surface area contributed by atoms with E-state index in [0.29, 0.717) is 23.4 Å². The van der Waals surface area contributed by atoms with Crippen molar-refractivity contribution in [3.8, 4) is 0 Å². The summed E-state index contributed by atoms with van der Waals surface area (Å²) in [6, 6.07) is 13.0. The van der Waals surface area contributed by atoms with Gasteiger partial charge in [-0.1, -0.05) is 45.9 Å². The Morgan fingerprint density at radius 1 is 1.00 bits per heavy atom. The maximum atomic E-state index is 12.4. The molecule has 2 aromatic rings. The van der Waals surface area contributed by atoms with E-state index < -0.39 is 0 Å². The van der Waals surface area contributed by atoms with Crippen LogP contribution in [0.3, 0.4) is 0 Å². The molecule has 0 fully saturated rings. The molecule has 0 unspecified atom stereocenters. The normalized spacial score (nSPS) is 10.9. The summed E-state index contributed by atoms with van der Waals surface area (Å²) in [7, 11) is 0. The molecule has 0 atom stereocenters. The Bertz CT molecular complexity index is 884. The van der Waals surface area contributed by atoms with Crippen LogP contribution in [-0.2, 0) is 10.2 Å². The van der Waals surface area contributed by atoms with Gasteiger partial charge in [-0.3, -0.25) is 14.9 Å². The van der Waals surface area contributed by atoms with Crippen LogP contribution in [0.5, 0.6) is 0 Å². The quantitative estimate of drug-likeness (QED) is 0.650. The predicted octanol–water partition coefficient (Wildman–Crippen LogP) is 4.77. The summed E-state index contributed by atoms with van der Waals surface area (Å²) in [5.41, 5.74) is 4.07. The maximum absolute atomic E-state index is 12.4. The minimum Gasteiger partial charge on any atom is -0.332 e. The zero-order chi connectivity index (χ0) is 20.9. The highest BCUT2D eigenvalue weighted by Crippen LogP contribution is 2.22. The van der Waals surface area contributed by atoms with Crippen molar-refractivity contribution in [1.29, 1.82) is 0 Å². The Morgan fingerprint density at radius 2 is 1.64 bits per heavy atom. The van der Waals surface area contributed by atoms with E-state index in [1.54, 1.807) is 25.1 Å². The number of carbonyl (C=O) groups is 2. The largest absolute Gasteiger partial charge is 0.332 e. The van der Waals surface area contributed by atoms with Gasteiger partial charge >= 0.3 is 0 Å². The highest BCUT2D eigenvalue weighted by molar-refractivity contribution is 7.80. The van der Waals surface area contributed by atoms with Crippen LogP contribution >= 0.6 is 12.2 Å². The smallest absolute Gasteiger partial charge is 0.257 e. The van der Waals surface area contributed by atoms with Gasteiger partial charge in [0, 0.05) is 23.4 Å². The first-order valence-corrected chi connectivity index (χ1v) is 9.64. The van der Waals surface area contributed by atoms with Crippen LogP contribution in [-0.4, -0.2) is 16.9 Å². The van der Waals surface area contributed by atoms with Gasteiger partial charge in [-0.15, -0.1) is 0 Å². The van der Waals surface area contributed by atoms with E-state index in [9.17, 15) is 9.59 Å². The fourth-order valence-electron chi connectivity index (χ4n) is 2.53. The van der Waals surface area contributed by atoms with Crippen LogP contribution in [0.25, 0.3) is 0 Å². The lowest BCUT2D eigenvalue weighted by atomic mass is 9.87. The van der Waals surface area contributed by atoms with Crippen LogP contribution in [0.4, 0.5) is 11.4 Å². The van der Waals surface area contributed by atoms with Gasteiger partial charge in [0.15, 0.2) is 5.11 Å². The van der Waals surface area contributed by atoms with E-state index >= 15 is 0 Å². The van der Waals surface area contributed by atoms with Gasteiger partial charge in [-0.25, -0.2) is 0 Å². The van der Waals surface area contributed by atoms with E-state index in [0.717, 1.165) is 11.1 Å². The van der Waals surface area contributed by atoms with Crippen molar-refractivity contribution in [3.63, 3.8) is 0 Å². The van der Waals surface area contributed by atoms with Crippen molar-refractivity contribution in [2.24, 2.45) is 0 Å². The second-order valence-electron chi connectivity index (χ2n) is 7.67. The molecule has 0 aliphatic heterocycles. The van der Waals surface area contributed by atoms with Gasteiger partial charge in [0.05, 0.1) is 0 Å². The Kier molecular flexibility index (Phi) is 6.91. The fourth-order valence-corrected chi connectivity index (χ4v) is 2.74. The number of benzene rings is 2. The van der Waals surface area contributed by atoms with Crippen molar-refractivity contribution in [3.05, 3.63) is 59.2 Å². The van der Waals surface area contributed by atoms with Gasteiger partial charge in [-0.05, 0) is 59.9 Å². The first kappa shape index (κ1) is 21.6. The molecule has 0 spiro atoms. The number of aryl methyl sites for hydroxylation is 1.